The molecule has 0 aliphatic heterocycles. The molecule has 0 rings (SSSR count). The van der Waals surface area contributed by atoms with Gasteiger partial charge in [-0.3, -0.25) is 19.2 Å². The van der Waals surface area contributed by atoms with Crippen molar-refractivity contribution in [1.82, 2.24) is 12.3 Å². The van der Waals surface area contributed by atoms with E-state index in [4.69, 9.17) is 39.6 Å². The molecule has 116 valence electrons. The third kappa shape index (κ3) is 4300. The summed E-state index contributed by atoms with van der Waals surface area (Å²) in [4.78, 5) is 36.0. The minimum absolute atomic E-state index is 0. The monoisotopic (exact) mass is 290 g/mol. The second kappa shape index (κ2) is 43.0. The van der Waals surface area contributed by atoms with Crippen LogP contribution in [0.3, 0.4) is 0 Å². The van der Waals surface area contributed by atoms with Gasteiger partial charge < -0.3 is 35.6 Å². The number of carboxylic acids is 4. The van der Waals surface area contributed by atoms with E-state index >= 15 is 0 Å². The number of hydrogen-bond donors (Lipinski definition) is 6. The van der Waals surface area contributed by atoms with Crippen LogP contribution in [0.25, 0.3) is 0 Å². The Kier molecular flexibility index (Phi) is 109. The van der Waals surface area contributed by atoms with Crippen molar-refractivity contribution in [3.63, 3.8) is 0 Å². The summed E-state index contributed by atoms with van der Waals surface area (Å²) in [6.07, 6.45) is 0. The first kappa shape index (κ1) is 50.9. The Labute approximate surface area is 144 Å². The third-order valence-electron chi connectivity index (χ3n) is 0. The van der Waals surface area contributed by atoms with Crippen LogP contribution in [0, 0.1) is 0 Å². The molecule has 0 heterocycles. The van der Waals surface area contributed by atoms with Crippen molar-refractivity contribution < 1.29 is 80.2 Å². The molecule has 0 radical (unpaired) electrons. The fourth-order valence-corrected chi connectivity index (χ4v) is 0. The second-order valence-electron chi connectivity index (χ2n) is 2.08. The minimum Gasteiger partial charge on any atom is -1.00 e. The number of carboxylic acid groups (broad SMARTS) is 4. The van der Waals surface area contributed by atoms with Crippen molar-refractivity contribution in [2.24, 2.45) is 0 Å². The van der Waals surface area contributed by atoms with Gasteiger partial charge >= 0.3 is 37.7 Å². The molecule has 10 N–H and O–H groups in total. The van der Waals surface area contributed by atoms with E-state index in [0.717, 1.165) is 27.7 Å². The van der Waals surface area contributed by atoms with Gasteiger partial charge in [0.1, 0.15) is 0 Å². The Morgan fingerprint density at radius 2 is 0.550 bits per heavy atom. The first-order chi connectivity index (χ1) is 6.93. The van der Waals surface area contributed by atoms with E-state index in [1.165, 1.54) is 0 Å². The Balaban J connectivity index is -0.00000001000. The number of aliphatic carboxylic acids is 4. The first-order valence-electron chi connectivity index (χ1n) is 3.71. The average Bonchev–Trinajstić information content (AvgIpc) is 1.76. The van der Waals surface area contributed by atoms with Gasteiger partial charge in [0.15, 0.2) is 0 Å². The van der Waals surface area contributed by atoms with Crippen molar-refractivity contribution in [3.05, 3.63) is 0 Å². The summed E-state index contributed by atoms with van der Waals surface area (Å²) in [5, 5.41) is 29.7. The summed E-state index contributed by atoms with van der Waals surface area (Å²) in [5.41, 5.74) is 0. The van der Waals surface area contributed by atoms with Gasteiger partial charge in [-0.2, -0.15) is 0 Å². The molecule has 0 bridgehead atoms. The van der Waals surface area contributed by atoms with Crippen molar-refractivity contribution in [2.45, 2.75) is 27.7 Å². The Hall–Kier alpha value is -1.01. The molecule has 12 heteroatoms. The third-order valence-corrected chi connectivity index (χ3v) is 0. The summed E-state index contributed by atoms with van der Waals surface area (Å²) in [6.45, 7) is 4.33. The molecule has 0 saturated carbocycles. The first-order valence-corrected chi connectivity index (χ1v) is 3.71. The maximum Gasteiger partial charge on any atom is 1.00 e. The van der Waals surface area contributed by atoms with Crippen molar-refractivity contribution in [1.29, 1.82) is 0 Å². The molecule has 0 fully saturated rings. The summed E-state index contributed by atoms with van der Waals surface area (Å²) in [5.74, 6) is -3.33. The average molecular weight is 290 g/mol. The Bertz CT molecular complexity index is 184. The summed E-state index contributed by atoms with van der Waals surface area (Å²) >= 11 is 0. The molecule has 0 aromatic rings. The predicted octanol–water partition coefficient (Wildman–Crippen LogP) is -5.08. The van der Waals surface area contributed by atoms with Gasteiger partial charge in [0.25, 0.3) is 23.9 Å². The van der Waals surface area contributed by atoms with Crippen LogP contribution < -0.4 is 50.0 Å². The molecule has 0 aliphatic rings. The number of rotatable bonds is 0. The minimum atomic E-state index is -0.833. The predicted molar refractivity (Wildman–Crippen MR) is 65.5 cm³/mol. The molecular weight excluding hydrogens is 266 g/mol. The molecule has 0 aromatic carbocycles. The zero-order valence-corrected chi connectivity index (χ0v) is 12.8. The van der Waals surface area contributed by atoms with Crippen molar-refractivity contribution in [3.8, 4) is 0 Å². The Morgan fingerprint density at radius 1 is 0.550 bits per heavy atom. The molecule has 0 aromatic heterocycles. The van der Waals surface area contributed by atoms with Crippen LogP contribution in [0.2, 0.25) is 0 Å². The zero-order chi connectivity index (χ0) is 14.3. The summed E-state index contributed by atoms with van der Waals surface area (Å²) in [6, 6.07) is 0. The van der Waals surface area contributed by atoms with E-state index in [1.54, 1.807) is 0 Å². The van der Waals surface area contributed by atoms with Crippen LogP contribution in [-0.2, 0) is 19.2 Å². The summed E-state index contributed by atoms with van der Waals surface area (Å²) < 4.78 is 0. The van der Waals surface area contributed by atoms with E-state index in [9.17, 15) is 0 Å². The van der Waals surface area contributed by atoms with Crippen LogP contribution in [0.1, 0.15) is 30.5 Å². The Morgan fingerprint density at radius 3 is 0.550 bits per heavy atom. The van der Waals surface area contributed by atoms with Gasteiger partial charge in [-0.1, -0.05) is 0 Å². The van der Waals surface area contributed by atoms with Gasteiger partial charge in [0, 0.05) is 27.7 Å². The van der Waals surface area contributed by atoms with Crippen LogP contribution in [0.15, 0.2) is 0 Å². The van der Waals surface area contributed by atoms with E-state index in [-0.39, 0.29) is 52.9 Å². The maximum absolute atomic E-state index is 9.00. The standard InChI is InChI=1S/4C2H4O2.2Li.2H3N.2H/c4*1-2(3)4;;;;;;/h4*1H3,(H,3,4);;;2*1H3;;/q;;;;2*+1;;;2*-1. The van der Waals surface area contributed by atoms with Crippen molar-refractivity contribution >= 4 is 23.9 Å². The smallest absolute Gasteiger partial charge is 1.00 e. The molecule has 0 unspecified atom stereocenters. The van der Waals surface area contributed by atoms with Crippen LogP contribution in [0.4, 0.5) is 0 Å². The van der Waals surface area contributed by atoms with Gasteiger partial charge in [-0.25, -0.2) is 0 Å². The fourth-order valence-electron chi connectivity index (χ4n) is 0. The fraction of sp³-hybridized carbons (Fsp3) is 0.500. The largest absolute Gasteiger partial charge is 1.00 e. The summed E-state index contributed by atoms with van der Waals surface area (Å²) in [7, 11) is 0. The second-order valence-corrected chi connectivity index (χ2v) is 2.08. The van der Waals surface area contributed by atoms with Crippen LogP contribution >= 0.6 is 0 Å². The molecule has 20 heavy (non-hydrogen) atoms. The number of hydrogen-bond acceptors (Lipinski definition) is 6. The maximum atomic E-state index is 9.00. The van der Waals surface area contributed by atoms with Crippen LogP contribution in [-0.4, -0.2) is 44.3 Å². The molecular formula is C8H24Li2N2O8. The molecule has 0 spiro atoms. The quantitative estimate of drug-likeness (QED) is 0.233. The van der Waals surface area contributed by atoms with Crippen LogP contribution in [0.5, 0.6) is 0 Å². The van der Waals surface area contributed by atoms with Gasteiger partial charge in [0.05, 0.1) is 0 Å². The molecule has 0 atom stereocenters. The molecule has 0 saturated heterocycles. The van der Waals surface area contributed by atoms with E-state index < -0.39 is 23.9 Å². The SMILES string of the molecule is CC(=O)O.CC(=O)O.CC(=O)O.CC(=O)O.N.N.[H-].[H-].[Li+].[Li+]. The topological polar surface area (TPSA) is 219 Å². The zero-order valence-electron chi connectivity index (χ0n) is 14.8. The number of carbonyl (C=O) groups is 4. The molecule has 10 nitrogen and oxygen atoms in total. The van der Waals surface area contributed by atoms with Gasteiger partial charge in [-0.15, -0.1) is 0 Å². The van der Waals surface area contributed by atoms with Gasteiger partial charge in [-0.05, 0) is 0 Å². The van der Waals surface area contributed by atoms with E-state index in [1.807, 2.05) is 0 Å². The van der Waals surface area contributed by atoms with E-state index in [2.05, 4.69) is 0 Å². The van der Waals surface area contributed by atoms with Crippen molar-refractivity contribution in [2.75, 3.05) is 0 Å². The van der Waals surface area contributed by atoms with Gasteiger partial charge in [0.2, 0.25) is 0 Å². The molecule has 0 amide bonds. The normalized spacial score (nSPS) is 5.00. The van der Waals surface area contributed by atoms with E-state index in [0.29, 0.717) is 0 Å². The molecule has 0 aliphatic carbocycles.